The van der Waals surface area contributed by atoms with Crippen LogP contribution in [0.25, 0.3) is 0 Å². The molecule has 0 aliphatic rings. The molecule has 0 radical (unpaired) electrons. The van der Waals surface area contributed by atoms with Crippen LogP contribution in [0.2, 0.25) is 0 Å². The lowest BCUT2D eigenvalue weighted by atomic mass is 10.3. The molecule has 2 atom stereocenters. The van der Waals surface area contributed by atoms with Crippen molar-refractivity contribution in [3.8, 4) is 5.75 Å². The fraction of sp³-hybridized carbons (Fsp3) is 0.467. The zero-order valence-corrected chi connectivity index (χ0v) is 13.2. The average Bonchev–Trinajstić information content (AvgIpc) is 2.46. The first kappa shape index (κ1) is 17.7. The smallest absolute Gasteiger partial charge is 0.315 e. The van der Waals surface area contributed by atoms with E-state index in [4.69, 9.17) is 4.74 Å². The number of carbonyl (C=O) groups is 2. The van der Waals surface area contributed by atoms with Gasteiger partial charge in [-0.25, -0.2) is 9.18 Å². The lowest BCUT2D eigenvalue weighted by molar-refractivity contribution is -0.130. The number of para-hydroxylation sites is 1. The predicted octanol–water partition coefficient (Wildman–Crippen LogP) is 1.37. The van der Waals surface area contributed by atoms with Crippen molar-refractivity contribution in [1.29, 1.82) is 0 Å². The van der Waals surface area contributed by atoms with Crippen molar-refractivity contribution in [3.63, 3.8) is 0 Å². The molecule has 1 rings (SSSR count). The highest BCUT2D eigenvalue weighted by atomic mass is 19.1. The molecular weight excluding hydrogens is 289 g/mol. The van der Waals surface area contributed by atoms with Crippen molar-refractivity contribution >= 4 is 11.9 Å². The number of carbonyl (C=O) groups excluding carboxylic acids is 2. The fourth-order valence-electron chi connectivity index (χ4n) is 1.73. The van der Waals surface area contributed by atoms with Crippen LogP contribution < -0.4 is 15.4 Å². The van der Waals surface area contributed by atoms with Crippen molar-refractivity contribution in [2.24, 2.45) is 0 Å². The Morgan fingerprint density at radius 1 is 1.27 bits per heavy atom. The number of urea groups is 1. The molecule has 0 aliphatic heterocycles. The first-order chi connectivity index (χ1) is 10.3. The van der Waals surface area contributed by atoms with E-state index in [1.54, 1.807) is 40.1 Å². The maximum atomic E-state index is 13.4. The Hall–Kier alpha value is -2.31. The Labute approximate surface area is 129 Å². The summed E-state index contributed by atoms with van der Waals surface area (Å²) in [6.07, 6.45) is -0.414. The summed E-state index contributed by atoms with van der Waals surface area (Å²) in [7, 11) is 3.23. The number of rotatable bonds is 6. The van der Waals surface area contributed by atoms with Crippen LogP contribution in [0, 0.1) is 5.82 Å². The standard InChI is InChI=1S/C15H22FN3O3/c1-10(22-13-8-6-5-7-12(13)16)9-17-15(21)18-11(2)14(20)19(3)4/h5-8,10-11H,9H2,1-4H3,(H2,17,18,21)/t10-,11+/m1/s1. The van der Waals surface area contributed by atoms with Crippen LogP contribution in [0.4, 0.5) is 9.18 Å². The summed E-state index contributed by atoms with van der Waals surface area (Å²) in [6, 6.07) is 4.95. The van der Waals surface area contributed by atoms with Gasteiger partial charge < -0.3 is 20.3 Å². The van der Waals surface area contributed by atoms with Gasteiger partial charge in [0.05, 0.1) is 6.54 Å². The van der Waals surface area contributed by atoms with Crippen molar-refractivity contribution in [1.82, 2.24) is 15.5 Å². The molecule has 1 aromatic rings. The van der Waals surface area contributed by atoms with Gasteiger partial charge in [-0.2, -0.15) is 0 Å². The minimum Gasteiger partial charge on any atom is -0.486 e. The zero-order valence-electron chi connectivity index (χ0n) is 13.2. The van der Waals surface area contributed by atoms with Gasteiger partial charge in [-0.15, -0.1) is 0 Å². The van der Waals surface area contributed by atoms with E-state index in [-0.39, 0.29) is 18.2 Å². The van der Waals surface area contributed by atoms with E-state index >= 15 is 0 Å². The lowest BCUT2D eigenvalue weighted by Gasteiger charge is -2.19. The highest BCUT2D eigenvalue weighted by molar-refractivity contribution is 5.86. The maximum Gasteiger partial charge on any atom is 0.315 e. The van der Waals surface area contributed by atoms with E-state index < -0.39 is 24.0 Å². The molecule has 0 spiro atoms. The summed E-state index contributed by atoms with van der Waals surface area (Å²) in [6.45, 7) is 3.49. The fourth-order valence-corrected chi connectivity index (χ4v) is 1.73. The number of nitrogens with zero attached hydrogens (tertiary/aromatic N) is 1. The molecule has 0 saturated carbocycles. The van der Waals surface area contributed by atoms with Crippen LogP contribution in [0.15, 0.2) is 24.3 Å². The molecule has 0 aliphatic carbocycles. The molecule has 122 valence electrons. The van der Waals surface area contributed by atoms with Crippen molar-refractivity contribution in [2.75, 3.05) is 20.6 Å². The molecular formula is C15H22FN3O3. The van der Waals surface area contributed by atoms with Gasteiger partial charge in [0.25, 0.3) is 0 Å². The van der Waals surface area contributed by atoms with Crippen molar-refractivity contribution in [2.45, 2.75) is 26.0 Å². The van der Waals surface area contributed by atoms with Gasteiger partial charge in [0.2, 0.25) is 5.91 Å². The minimum absolute atomic E-state index is 0.133. The van der Waals surface area contributed by atoms with E-state index in [0.717, 1.165) is 0 Å². The predicted molar refractivity (Wildman–Crippen MR) is 81.2 cm³/mol. The highest BCUT2D eigenvalue weighted by Gasteiger charge is 2.17. The molecule has 0 bridgehead atoms. The third-order valence-electron chi connectivity index (χ3n) is 2.87. The van der Waals surface area contributed by atoms with Crippen LogP contribution in [0.3, 0.4) is 0 Å². The normalized spacial score (nSPS) is 13.0. The van der Waals surface area contributed by atoms with Crippen LogP contribution in [-0.2, 0) is 4.79 Å². The molecule has 0 heterocycles. The van der Waals surface area contributed by atoms with Gasteiger partial charge in [0, 0.05) is 14.1 Å². The number of likely N-dealkylation sites (N-methyl/N-ethyl adjacent to an activating group) is 1. The van der Waals surface area contributed by atoms with E-state index in [2.05, 4.69) is 10.6 Å². The number of benzene rings is 1. The second-order valence-electron chi connectivity index (χ2n) is 5.17. The van der Waals surface area contributed by atoms with Gasteiger partial charge in [-0.3, -0.25) is 4.79 Å². The topological polar surface area (TPSA) is 70.7 Å². The molecule has 0 aromatic heterocycles. The third kappa shape index (κ3) is 5.59. The monoisotopic (exact) mass is 311 g/mol. The highest BCUT2D eigenvalue weighted by Crippen LogP contribution is 2.16. The summed E-state index contributed by atoms with van der Waals surface area (Å²) in [4.78, 5) is 24.7. The van der Waals surface area contributed by atoms with Gasteiger partial charge in [-0.1, -0.05) is 12.1 Å². The molecule has 2 N–H and O–H groups in total. The van der Waals surface area contributed by atoms with Crippen LogP contribution in [0.1, 0.15) is 13.8 Å². The van der Waals surface area contributed by atoms with E-state index in [9.17, 15) is 14.0 Å². The van der Waals surface area contributed by atoms with E-state index in [1.807, 2.05) is 0 Å². The lowest BCUT2D eigenvalue weighted by Crippen LogP contribution is -2.49. The second kappa shape index (κ2) is 8.21. The molecule has 0 unspecified atom stereocenters. The Bertz CT molecular complexity index is 523. The second-order valence-corrected chi connectivity index (χ2v) is 5.17. The third-order valence-corrected chi connectivity index (χ3v) is 2.87. The zero-order chi connectivity index (χ0) is 16.7. The van der Waals surface area contributed by atoms with Gasteiger partial charge in [-0.05, 0) is 26.0 Å². The van der Waals surface area contributed by atoms with Gasteiger partial charge in [0.1, 0.15) is 12.1 Å². The van der Waals surface area contributed by atoms with E-state index in [0.29, 0.717) is 0 Å². The van der Waals surface area contributed by atoms with Crippen LogP contribution in [-0.4, -0.2) is 49.6 Å². The van der Waals surface area contributed by atoms with E-state index in [1.165, 1.54) is 17.0 Å². The Morgan fingerprint density at radius 2 is 1.91 bits per heavy atom. The number of amides is 3. The summed E-state index contributed by atoms with van der Waals surface area (Å²) in [5.41, 5.74) is 0. The maximum absolute atomic E-state index is 13.4. The molecule has 22 heavy (non-hydrogen) atoms. The molecule has 1 aromatic carbocycles. The summed E-state index contributed by atoms with van der Waals surface area (Å²) in [5, 5.41) is 5.10. The number of hydrogen-bond donors (Lipinski definition) is 2. The Morgan fingerprint density at radius 3 is 2.50 bits per heavy atom. The van der Waals surface area contributed by atoms with Gasteiger partial charge >= 0.3 is 6.03 Å². The largest absolute Gasteiger partial charge is 0.486 e. The summed E-state index contributed by atoms with van der Waals surface area (Å²) >= 11 is 0. The quantitative estimate of drug-likeness (QED) is 0.833. The molecule has 6 nitrogen and oxygen atoms in total. The van der Waals surface area contributed by atoms with Gasteiger partial charge in [0.15, 0.2) is 11.6 Å². The number of halogens is 1. The molecule has 7 heteroatoms. The number of hydrogen-bond acceptors (Lipinski definition) is 3. The van der Waals surface area contributed by atoms with Crippen molar-refractivity contribution < 1.29 is 18.7 Å². The Balaban J connectivity index is 2.38. The summed E-state index contributed by atoms with van der Waals surface area (Å²) < 4.78 is 18.8. The molecule has 0 saturated heterocycles. The number of ether oxygens (including phenoxy) is 1. The van der Waals surface area contributed by atoms with Crippen molar-refractivity contribution in [3.05, 3.63) is 30.1 Å². The first-order valence-corrected chi connectivity index (χ1v) is 6.98. The van der Waals surface area contributed by atoms with Crippen LogP contribution >= 0.6 is 0 Å². The Kier molecular flexibility index (Phi) is 6.62. The number of nitrogens with one attached hydrogen (secondary N) is 2. The van der Waals surface area contributed by atoms with Crippen LogP contribution in [0.5, 0.6) is 5.75 Å². The summed E-state index contributed by atoms with van der Waals surface area (Å²) in [5.74, 6) is -0.525. The minimum atomic E-state index is -0.627. The molecule has 3 amide bonds. The average molecular weight is 311 g/mol. The molecule has 0 fully saturated rings. The SMILES string of the molecule is C[C@H](CNC(=O)N[C@@H](C)C(=O)N(C)C)Oc1ccccc1F. The first-order valence-electron chi connectivity index (χ1n) is 6.98.